The summed E-state index contributed by atoms with van der Waals surface area (Å²) in [7, 11) is 0. The Bertz CT molecular complexity index is 390. The largest absolute Gasteiger partial charge is 0.439 e. The van der Waals surface area contributed by atoms with Gasteiger partial charge < -0.3 is 4.74 Å². The molecule has 0 spiro atoms. The quantitative estimate of drug-likeness (QED) is 0.732. The number of allylic oxidation sites excluding steroid dienone is 3. The minimum atomic E-state index is 0.551. The number of rotatable bonds is 2. The van der Waals surface area contributed by atoms with Crippen LogP contribution in [-0.2, 0) is 0 Å². The molecule has 0 radical (unpaired) electrons. The summed E-state index contributed by atoms with van der Waals surface area (Å²) in [6.45, 7) is 4.19. The molecule has 1 aliphatic rings. The lowest BCUT2D eigenvalue weighted by Crippen LogP contribution is -2.01. The molecule has 1 unspecified atom stereocenters. The molecule has 0 bridgehead atoms. The Labute approximate surface area is 90.3 Å². The van der Waals surface area contributed by atoms with Crippen molar-refractivity contribution in [3.05, 3.63) is 47.9 Å². The Morgan fingerprint density at radius 2 is 2.27 bits per heavy atom. The van der Waals surface area contributed by atoms with E-state index < -0.39 is 0 Å². The third-order valence-electron chi connectivity index (χ3n) is 2.35. The third-order valence-corrected chi connectivity index (χ3v) is 2.35. The highest BCUT2D eigenvalue weighted by Gasteiger charge is 2.06. The zero-order valence-corrected chi connectivity index (χ0v) is 9.10. The van der Waals surface area contributed by atoms with E-state index in [2.05, 4.69) is 24.1 Å². The van der Waals surface area contributed by atoms with E-state index >= 15 is 0 Å². The highest BCUT2D eigenvalue weighted by molar-refractivity contribution is 5.24. The van der Waals surface area contributed by atoms with Gasteiger partial charge in [0.15, 0.2) is 0 Å². The Hall–Kier alpha value is -1.57. The van der Waals surface area contributed by atoms with Gasteiger partial charge in [-0.05, 0) is 37.0 Å². The van der Waals surface area contributed by atoms with Crippen LogP contribution in [-0.4, -0.2) is 4.98 Å². The molecule has 1 aromatic rings. The summed E-state index contributed by atoms with van der Waals surface area (Å²) in [5.74, 6) is 2.10. The first-order valence-corrected chi connectivity index (χ1v) is 5.23. The van der Waals surface area contributed by atoms with Crippen LogP contribution in [0.3, 0.4) is 0 Å². The summed E-state index contributed by atoms with van der Waals surface area (Å²) in [5, 5.41) is 0. The van der Waals surface area contributed by atoms with Gasteiger partial charge in [-0.15, -0.1) is 0 Å². The summed E-state index contributed by atoms with van der Waals surface area (Å²) in [4.78, 5) is 4.20. The van der Waals surface area contributed by atoms with E-state index in [4.69, 9.17) is 4.74 Å². The molecule has 2 nitrogen and oxygen atoms in total. The van der Waals surface area contributed by atoms with Crippen molar-refractivity contribution < 1.29 is 4.74 Å². The molecule has 0 fully saturated rings. The molecule has 1 aromatic heterocycles. The van der Waals surface area contributed by atoms with Gasteiger partial charge in [0.05, 0.1) is 0 Å². The molecule has 2 heteroatoms. The van der Waals surface area contributed by atoms with Crippen LogP contribution in [0.1, 0.15) is 18.9 Å². The van der Waals surface area contributed by atoms with Crippen LogP contribution in [0.5, 0.6) is 5.88 Å². The number of ether oxygens (including phenoxy) is 1. The van der Waals surface area contributed by atoms with Crippen molar-refractivity contribution in [3.63, 3.8) is 0 Å². The number of hydrogen-bond donors (Lipinski definition) is 0. The molecule has 0 saturated carbocycles. The summed E-state index contributed by atoms with van der Waals surface area (Å²) in [5.41, 5.74) is 1.14. The van der Waals surface area contributed by atoms with Gasteiger partial charge in [-0.25, -0.2) is 4.98 Å². The highest BCUT2D eigenvalue weighted by Crippen LogP contribution is 2.19. The van der Waals surface area contributed by atoms with Crippen LogP contribution >= 0.6 is 0 Å². The topological polar surface area (TPSA) is 22.1 Å². The number of aromatic nitrogens is 1. The molecule has 0 aromatic carbocycles. The predicted molar refractivity (Wildman–Crippen MR) is 60.6 cm³/mol. The molecule has 2 rings (SSSR count). The predicted octanol–water partition coefficient (Wildman–Crippen LogP) is 3.25. The van der Waals surface area contributed by atoms with Crippen molar-refractivity contribution in [1.82, 2.24) is 4.98 Å². The number of aryl methyl sites for hydroxylation is 1. The summed E-state index contributed by atoms with van der Waals surface area (Å²) in [6.07, 6.45) is 9.16. The Morgan fingerprint density at radius 1 is 1.40 bits per heavy atom. The van der Waals surface area contributed by atoms with Gasteiger partial charge in [0.1, 0.15) is 5.76 Å². The molecule has 1 aliphatic carbocycles. The third kappa shape index (κ3) is 2.69. The zero-order chi connectivity index (χ0) is 10.7. The van der Waals surface area contributed by atoms with Crippen LogP contribution in [0.25, 0.3) is 0 Å². The highest BCUT2D eigenvalue weighted by atomic mass is 16.5. The molecule has 1 atom stereocenters. The van der Waals surface area contributed by atoms with Crippen LogP contribution in [0, 0.1) is 12.8 Å². The number of hydrogen-bond acceptors (Lipinski definition) is 2. The molecule has 1 heterocycles. The molecule has 0 amide bonds. The standard InChI is InChI=1S/C13H15NO/c1-10-4-3-5-12(8-10)15-13-7-6-11(2)9-14-13/h3,5-10H,4H2,1-2H3. The SMILES string of the molecule is Cc1ccc(OC2=CC(C)CC=C2)nc1. The van der Waals surface area contributed by atoms with Crippen LogP contribution in [0.2, 0.25) is 0 Å². The van der Waals surface area contributed by atoms with Crippen LogP contribution in [0.15, 0.2) is 42.3 Å². The maximum absolute atomic E-state index is 5.64. The molecule has 15 heavy (non-hydrogen) atoms. The Morgan fingerprint density at radius 3 is 2.93 bits per heavy atom. The van der Waals surface area contributed by atoms with E-state index in [0.717, 1.165) is 17.7 Å². The van der Waals surface area contributed by atoms with Crippen molar-refractivity contribution in [2.45, 2.75) is 20.3 Å². The second-order valence-electron chi connectivity index (χ2n) is 3.96. The fraction of sp³-hybridized carbons (Fsp3) is 0.308. The lowest BCUT2D eigenvalue weighted by Gasteiger charge is -2.12. The molecular weight excluding hydrogens is 186 g/mol. The molecule has 0 aliphatic heterocycles. The lowest BCUT2D eigenvalue weighted by atomic mass is 10.0. The monoisotopic (exact) mass is 201 g/mol. The van der Waals surface area contributed by atoms with E-state index in [9.17, 15) is 0 Å². The Kier molecular flexibility index (Phi) is 2.86. The van der Waals surface area contributed by atoms with E-state index in [1.807, 2.05) is 31.3 Å². The summed E-state index contributed by atoms with van der Waals surface area (Å²) < 4.78 is 5.64. The first-order valence-electron chi connectivity index (χ1n) is 5.23. The molecular formula is C13H15NO. The second kappa shape index (κ2) is 4.30. The zero-order valence-electron chi connectivity index (χ0n) is 9.10. The van der Waals surface area contributed by atoms with E-state index in [1.54, 1.807) is 0 Å². The average molecular weight is 201 g/mol. The smallest absolute Gasteiger partial charge is 0.219 e. The van der Waals surface area contributed by atoms with E-state index in [0.29, 0.717) is 11.8 Å². The minimum Gasteiger partial charge on any atom is -0.439 e. The summed E-state index contributed by atoms with van der Waals surface area (Å²) in [6, 6.07) is 3.89. The minimum absolute atomic E-state index is 0.551. The van der Waals surface area contributed by atoms with Gasteiger partial charge in [-0.3, -0.25) is 0 Å². The first kappa shape index (κ1) is 9.97. The van der Waals surface area contributed by atoms with Crippen LogP contribution < -0.4 is 4.74 Å². The van der Waals surface area contributed by atoms with Crippen molar-refractivity contribution in [1.29, 1.82) is 0 Å². The van der Waals surface area contributed by atoms with Gasteiger partial charge in [-0.1, -0.05) is 19.1 Å². The van der Waals surface area contributed by atoms with Crippen molar-refractivity contribution in [2.24, 2.45) is 5.92 Å². The normalized spacial score (nSPS) is 19.9. The van der Waals surface area contributed by atoms with Crippen LogP contribution in [0.4, 0.5) is 0 Å². The first-order chi connectivity index (χ1) is 7.24. The average Bonchev–Trinajstić information content (AvgIpc) is 2.22. The maximum atomic E-state index is 5.64. The molecule has 78 valence electrons. The van der Waals surface area contributed by atoms with E-state index in [-0.39, 0.29) is 0 Å². The second-order valence-corrected chi connectivity index (χ2v) is 3.96. The molecule has 0 N–H and O–H groups in total. The van der Waals surface area contributed by atoms with Gasteiger partial charge in [0.2, 0.25) is 5.88 Å². The van der Waals surface area contributed by atoms with Gasteiger partial charge in [-0.2, -0.15) is 0 Å². The van der Waals surface area contributed by atoms with Crippen molar-refractivity contribution in [3.8, 4) is 5.88 Å². The number of nitrogens with zero attached hydrogens (tertiary/aromatic N) is 1. The van der Waals surface area contributed by atoms with Crippen molar-refractivity contribution >= 4 is 0 Å². The van der Waals surface area contributed by atoms with Gasteiger partial charge in [0.25, 0.3) is 0 Å². The van der Waals surface area contributed by atoms with Gasteiger partial charge >= 0.3 is 0 Å². The van der Waals surface area contributed by atoms with E-state index in [1.165, 1.54) is 0 Å². The fourth-order valence-corrected chi connectivity index (χ4v) is 1.51. The lowest BCUT2D eigenvalue weighted by molar-refractivity contribution is 0.415. The fourth-order valence-electron chi connectivity index (χ4n) is 1.51. The van der Waals surface area contributed by atoms with Gasteiger partial charge in [0, 0.05) is 12.3 Å². The molecule has 0 saturated heterocycles. The Balaban J connectivity index is 2.09. The summed E-state index contributed by atoms with van der Waals surface area (Å²) >= 11 is 0. The van der Waals surface area contributed by atoms with Crippen molar-refractivity contribution in [2.75, 3.05) is 0 Å². The number of pyridine rings is 1. The maximum Gasteiger partial charge on any atom is 0.219 e.